The maximum Gasteiger partial charge on any atom is 0.328 e. The Morgan fingerprint density at radius 2 is 1.62 bits per heavy atom. The number of carboxylic acids is 1. The van der Waals surface area contributed by atoms with Crippen molar-refractivity contribution in [2.45, 2.75) is 0 Å². The van der Waals surface area contributed by atoms with Gasteiger partial charge in [-0.05, 0) is 48.0 Å². The molecular formula is C16H12FNO3. The molecule has 21 heavy (non-hydrogen) atoms. The normalized spacial score (nSPS) is 10.5. The first-order valence-electron chi connectivity index (χ1n) is 6.12. The molecule has 0 aromatic heterocycles. The van der Waals surface area contributed by atoms with Gasteiger partial charge in [0, 0.05) is 17.3 Å². The van der Waals surface area contributed by atoms with E-state index in [9.17, 15) is 14.0 Å². The monoisotopic (exact) mass is 285 g/mol. The number of carbonyl (C=O) groups excluding carboxylic acids is 1. The van der Waals surface area contributed by atoms with Gasteiger partial charge in [0.1, 0.15) is 5.82 Å². The number of anilines is 1. The van der Waals surface area contributed by atoms with Gasteiger partial charge in [-0.15, -0.1) is 0 Å². The number of hydrogen-bond donors (Lipinski definition) is 2. The van der Waals surface area contributed by atoms with E-state index in [1.54, 1.807) is 24.3 Å². The summed E-state index contributed by atoms with van der Waals surface area (Å²) in [6, 6.07) is 11.9. The Balaban J connectivity index is 2.04. The van der Waals surface area contributed by atoms with E-state index >= 15 is 0 Å². The molecule has 2 rings (SSSR count). The van der Waals surface area contributed by atoms with Crippen LogP contribution < -0.4 is 5.32 Å². The third-order valence-corrected chi connectivity index (χ3v) is 2.69. The summed E-state index contributed by atoms with van der Waals surface area (Å²) in [5.74, 6) is -1.77. The van der Waals surface area contributed by atoms with E-state index in [2.05, 4.69) is 5.32 Å². The van der Waals surface area contributed by atoms with Crippen LogP contribution in [0.25, 0.3) is 6.08 Å². The predicted octanol–water partition coefficient (Wildman–Crippen LogP) is 3.18. The largest absolute Gasteiger partial charge is 0.478 e. The number of amides is 1. The molecule has 2 aromatic rings. The smallest absolute Gasteiger partial charge is 0.328 e. The minimum absolute atomic E-state index is 0.344. The second-order valence-electron chi connectivity index (χ2n) is 4.25. The van der Waals surface area contributed by atoms with E-state index in [4.69, 9.17) is 5.11 Å². The first-order valence-corrected chi connectivity index (χ1v) is 6.12. The van der Waals surface area contributed by atoms with Gasteiger partial charge in [0.2, 0.25) is 0 Å². The molecule has 0 radical (unpaired) electrons. The first-order chi connectivity index (χ1) is 10.0. The number of carboxylic acid groups (broad SMARTS) is 1. The molecule has 0 fully saturated rings. The van der Waals surface area contributed by atoms with Gasteiger partial charge in [-0.2, -0.15) is 0 Å². The minimum Gasteiger partial charge on any atom is -0.478 e. The van der Waals surface area contributed by atoms with Crippen molar-refractivity contribution in [1.82, 2.24) is 0 Å². The standard InChI is InChI=1S/C16H12FNO3/c17-13-6-4-12(5-7-13)16(21)18-14-8-1-11(2-9-14)3-10-15(19)20/h1-10H,(H,18,21)(H,19,20)/b10-3+. The van der Waals surface area contributed by atoms with Crippen molar-refractivity contribution >= 4 is 23.6 Å². The molecule has 0 bridgehead atoms. The topological polar surface area (TPSA) is 66.4 Å². The van der Waals surface area contributed by atoms with Crippen LogP contribution in [0, 0.1) is 5.82 Å². The molecule has 2 aromatic carbocycles. The van der Waals surface area contributed by atoms with Crippen LogP contribution in [-0.4, -0.2) is 17.0 Å². The van der Waals surface area contributed by atoms with E-state index in [0.717, 1.165) is 6.08 Å². The Labute approximate surface area is 120 Å². The fourth-order valence-electron chi connectivity index (χ4n) is 1.65. The highest BCUT2D eigenvalue weighted by atomic mass is 19.1. The van der Waals surface area contributed by atoms with Gasteiger partial charge in [-0.25, -0.2) is 9.18 Å². The molecule has 0 saturated heterocycles. The molecule has 5 heteroatoms. The highest BCUT2D eigenvalue weighted by Gasteiger charge is 2.05. The van der Waals surface area contributed by atoms with Crippen LogP contribution in [0.4, 0.5) is 10.1 Å². The lowest BCUT2D eigenvalue weighted by molar-refractivity contribution is -0.131. The lowest BCUT2D eigenvalue weighted by Crippen LogP contribution is -2.11. The Hall–Kier alpha value is -2.95. The van der Waals surface area contributed by atoms with E-state index in [0.29, 0.717) is 16.8 Å². The summed E-state index contributed by atoms with van der Waals surface area (Å²) in [5, 5.41) is 11.2. The number of rotatable bonds is 4. The zero-order chi connectivity index (χ0) is 15.2. The van der Waals surface area contributed by atoms with Gasteiger partial charge in [-0.3, -0.25) is 4.79 Å². The number of aliphatic carboxylic acids is 1. The summed E-state index contributed by atoms with van der Waals surface area (Å²) in [6.07, 6.45) is 2.49. The molecule has 0 aliphatic rings. The van der Waals surface area contributed by atoms with E-state index < -0.39 is 11.8 Å². The van der Waals surface area contributed by atoms with E-state index in [1.165, 1.54) is 30.3 Å². The van der Waals surface area contributed by atoms with Crippen LogP contribution >= 0.6 is 0 Å². The van der Waals surface area contributed by atoms with Crippen molar-refractivity contribution in [2.75, 3.05) is 5.32 Å². The average Bonchev–Trinajstić information content (AvgIpc) is 2.47. The van der Waals surface area contributed by atoms with Gasteiger partial charge >= 0.3 is 5.97 Å². The summed E-state index contributed by atoms with van der Waals surface area (Å²) in [4.78, 5) is 22.3. The molecule has 1 amide bonds. The minimum atomic E-state index is -1.02. The highest BCUT2D eigenvalue weighted by Crippen LogP contribution is 2.13. The Kier molecular flexibility index (Phi) is 4.46. The zero-order valence-corrected chi connectivity index (χ0v) is 10.9. The molecule has 106 valence electrons. The fourth-order valence-corrected chi connectivity index (χ4v) is 1.65. The van der Waals surface area contributed by atoms with Crippen molar-refractivity contribution in [3.8, 4) is 0 Å². The summed E-state index contributed by atoms with van der Waals surface area (Å²) in [7, 11) is 0. The number of hydrogen-bond acceptors (Lipinski definition) is 2. The maximum atomic E-state index is 12.8. The summed E-state index contributed by atoms with van der Waals surface area (Å²) in [6.45, 7) is 0. The number of halogens is 1. The zero-order valence-electron chi connectivity index (χ0n) is 10.9. The van der Waals surface area contributed by atoms with E-state index in [-0.39, 0.29) is 5.91 Å². The lowest BCUT2D eigenvalue weighted by Gasteiger charge is -2.05. The Bertz CT molecular complexity index is 676. The summed E-state index contributed by atoms with van der Waals surface area (Å²) in [5.41, 5.74) is 1.63. The average molecular weight is 285 g/mol. The number of nitrogens with one attached hydrogen (secondary N) is 1. The first kappa shape index (κ1) is 14.5. The number of benzene rings is 2. The van der Waals surface area contributed by atoms with Gasteiger partial charge in [0.25, 0.3) is 5.91 Å². The molecule has 0 unspecified atom stereocenters. The van der Waals surface area contributed by atoms with Crippen molar-refractivity contribution in [1.29, 1.82) is 0 Å². The van der Waals surface area contributed by atoms with Crippen molar-refractivity contribution in [3.63, 3.8) is 0 Å². The van der Waals surface area contributed by atoms with Crippen molar-refractivity contribution in [3.05, 3.63) is 71.6 Å². The Morgan fingerprint density at radius 3 is 2.19 bits per heavy atom. The second kappa shape index (κ2) is 6.47. The van der Waals surface area contributed by atoms with E-state index in [1.807, 2.05) is 0 Å². The Morgan fingerprint density at radius 1 is 1.00 bits per heavy atom. The SMILES string of the molecule is O=C(O)/C=C/c1ccc(NC(=O)c2ccc(F)cc2)cc1. The van der Waals surface area contributed by atoms with Crippen LogP contribution in [0.3, 0.4) is 0 Å². The maximum absolute atomic E-state index is 12.8. The highest BCUT2D eigenvalue weighted by molar-refractivity contribution is 6.04. The summed E-state index contributed by atoms with van der Waals surface area (Å²) >= 11 is 0. The van der Waals surface area contributed by atoms with Crippen LogP contribution in [0.15, 0.2) is 54.6 Å². The van der Waals surface area contributed by atoms with Gasteiger partial charge in [0.05, 0.1) is 0 Å². The molecule has 0 spiro atoms. The molecule has 4 nitrogen and oxygen atoms in total. The predicted molar refractivity (Wildman–Crippen MR) is 77.5 cm³/mol. The van der Waals surface area contributed by atoms with Crippen LogP contribution in [0.5, 0.6) is 0 Å². The molecule has 0 heterocycles. The molecule has 0 aliphatic heterocycles. The van der Waals surface area contributed by atoms with Gasteiger partial charge in [0.15, 0.2) is 0 Å². The fraction of sp³-hybridized carbons (Fsp3) is 0. The van der Waals surface area contributed by atoms with Crippen molar-refractivity contribution < 1.29 is 19.1 Å². The van der Waals surface area contributed by atoms with Crippen LogP contribution in [0.2, 0.25) is 0 Å². The third-order valence-electron chi connectivity index (χ3n) is 2.69. The van der Waals surface area contributed by atoms with Gasteiger partial charge < -0.3 is 10.4 Å². The number of carbonyl (C=O) groups is 2. The molecule has 0 atom stereocenters. The molecule has 0 saturated carbocycles. The quantitative estimate of drug-likeness (QED) is 0.848. The van der Waals surface area contributed by atoms with Crippen LogP contribution in [0.1, 0.15) is 15.9 Å². The molecule has 0 aliphatic carbocycles. The van der Waals surface area contributed by atoms with Crippen LogP contribution in [-0.2, 0) is 4.79 Å². The third kappa shape index (κ3) is 4.28. The lowest BCUT2D eigenvalue weighted by atomic mass is 10.1. The molecule has 2 N–H and O–H groups in total. The second-order valence-corrected chi connectivity index (χ2v) is 4.25. The van der Waals surface area contributed by atoms with Crippen molar-refractivity contribution in [2.24, 2.45) is 0 Å². The van der Waals surface area contributed by atoms with Gasteiger partial charge in [-0.1, -0.05) is 12.1 Å². The molecular weight excluding hydrogens is 273 g/mol. The summed E-state index contributed by atoms with van der Waals surface area (Å²) < 4.78 is 12.8.